The number of amides is 1. The number of hydrogen-bond donors (Lipinski definition) is 0. The molecule has 3 aromatic rings. The second-order valence-corrected chi connectivity index (χ2v) is 5.11. The van der Waals surface area contributed by atoms with Crippen LogP contribution >= 0.6 is 0 Å². The van der Waals surface area contributed by atoms with E-state index in [4.69, 9.17) is 0 Å². The van der Waals surface area contributed by atoms with Gasteiger partial charge in [0.05, 0.1) is 5.52 Å². The minimum Gasteiger partial charge on any atom is -0.336 e. The molecule has 0 bridgehead atoms. The molecule has 21 heavy (non-hydrogen) atoms. The molecule has 0 fully saturated rings. The lowest BCUT2D eigenvalue weighted by atomic mass is 10.2. The second-order valence-electron chi connectivity index (χ2n) is 5.11. The second kappa shape index (κ2) is 5.40. The van der Waals surface area contributed by atoms with Crippen LogP contribution in [0.3, 0.4) is 0 Å². The molecule has 0 aliphatic carbocycles. The van der Waals surface area contributed by atoms with Crippen LogP contribution in [0.2, 0.25) is 0 Å². The van der Waals surface area contributed by atoms with E-state index in [0.717, 1.165) is 16.9 Å². The quantitative estimate of drug-likeness (QED) is 0.739. The molecule has 106 valence electrons. The molecular formula is C17H17N3O. The first-order valence-electron chi connectivity index (χ1n) is 6.90. The highest BCUT2D eigenvalue weighted by molar-refractivity contribution is 5.99. The van der Waals surface area contributed by atoms with E-state index in [2.05, 4.69) is 4.98 Å². The Labute approximate surface area is 123 Å². The first kappa shape index (κ1) is 13.4. The largest absolute Gasteiger partial charge is 0.336 e. The van der Waals surface area contributed by atoms with E-state index in [1.165, 1.54) is 0 Å². The third kappa shape index (κ3) is 2.52. The zero-order valence-electron chi connectivity index (χ0n) is 12.2. The summed E-state index contributed by atoms with van der Waals surface area (Å²) in [5.41, 5.74) is 2.46. The number of aromatic nitrogens is 2. The summed E-state index contributed by atoms with van der Waals surface area (Å²) >= 11 is 0. The Balaban J connectivity index is 1.90. The van der Waals surface area contributed by atoms with Gasteiger partial charge in [-0.3, -0.25) is 4.79 Å². The molecule has 0 radical (unpaired) electrons. The number of carbonyl (C=O) groups excluding carboxylic acids is 1. The third-order valence-electron chi connectivity index (χ3n) is 3.54. The van der Waals surface area contributed by atoms with E-state index >= 15 is 0 Å². The predicted molar refractivity (Wildman–Crippen MR) is 82.2 cm³/mol. The lowest BCUT2D eigenvalue weighted by molar-refractivity contribution is 0.0781. The first-order valence-corrected chi connectivity index (χ1v) is 6.90. The molecule has 4 heteroatoms. The molecule has 2 aromatic heterocycles. The maximum Gasteiger partial charge on any atom is 0.274 e. The summed E-state index contributed by atoms with van der Waals surface area (Å²) in [5, 5.41) is 0. The fourth-order valence-corrected chi connectivity index (χ4v) is 2.46. The van der Waals surface area contributed by atoms with Crippen molar-refractivity contribution in [1.82, 2.24) is 14.3 Å². The predicted octanol–water partition coefficient (Wildman–Crippen LogP) is 2.91. The van der Waals surface area contributed by atoms with Crippen molar-refractivity contribution in [3.05, 3.63) is 71.8 Å². The molecule has 0 aliphatic heterocycles. The van der Waals surface area contributed by atoms with Crippen LogP contribution in [-0.2, 0) is 6.54 Å². The van der Waals surface area contributed by atoms with Gasteiger partial charge in [-0.05, 0) is 24.6 Å². The standard InChI is InChI=1S/C17H17N3O/c1-13-18-16(15-10-6-7-11-20(13)15)17(21)19(2)12-14-8-4-3-5-9-14/h3-11H,12H2,1-2H3. The highest BCUT2D eigenvalue weighted by Gasteiger charge is 2.19. The normalized spacial score (nSPS) is 10.8. The summed E-state index contributed by atoms with van der Waals surface area (Å²) < 4.78 is 1.93. The Morgan fingerprint density at radius 3 is 2.62 bits per heavy atom. The van der Waals surface area contributed by atoms with E-state index < -0.39 is 0 Å². The van der Waals surface area contributed by atoms with Gasteiger partial charge < -0.3 is 9.30 Å². The van der Waals surface area contributed by atoms with Crippen LogP contribution in [0.25, 0.3) is 5.52 Å². The zero-order chi connectivity index (χ0) is 14.8. The number of fused-ring (bicyclic) bond motifs is 1. The highest BCUT2D eigenvalue weighted by atomic mass is 16.2. The van der Waals surface area contributed by atoms with Crippen molar-refractivity contribution in [3.8, 4) is 0 Å². The smallest absolute Gasteiger partial charge is 0.274 e. The van der Waals surface area contributed by atoms with E-state index in [-0.39, 0.29) is 5.91 Å². The Morgan fingerprint density at radius 1 is 1.14 bits per heavy atom. The lowest BCUT2D eigenvalue weighted by Crippen LogP contribution is -2.26. The molecule has 4 nitrogen and oxygen atoms in total. The van der Waals surface area contributed by atoms with Crippen molar-refractivity contribution in [2.75, 3.05) is 7.05 Å². The van der Waals surface area contributed by atoms with Crippen LogP contribution in [0, 0.1) is 6.92 Å². The number of nitrogens with zero attached hydrogens (tertiary/aromatic N) is 3. The first-order chi connectivity index (χ1) is 10.2. The van der Waals surface area contributed by atoms with Crippen LogP contribution in [0.15, 0.2) is 54.7 Å². The van der Waals surface area contributed by atoms with Gasteiger partial charge in [0.25, 0.3) is 5.91 Å². The third-order valence-corrected chi connectivity index (χ3v) is 3.54. The van der Waals surface area contributed by atoms with Crippen LogP contribution < -0.4 is 0 Å². The van der Waals surface area contributed by atoms with Crippen molar-refractivity contribution < 1.29 is 4.79 Å². The fourth-order valence-electron chi connectivity index (χ4n) is 2.46. The minimum atomic E-state index is -0.0596. The summed E-state index contributed by atoms with van der Waals surface area (Å²) in [7, 11) is 1.80. The van der Waals surface area contributed by atoms with Gasteiger partial charge in [-0.15, -0.1) is 0 Å². The Bertz CT molecular complexity index is 777. The van der Waals surface area contributed by atoms with Crippen molar-refractivity contribution >= 4 is 11.4 Å². The SMILES string of the molecule is Cc1nc(C(=O)N(C)Cc2ccccc2)c2ccccn12. The molecule has 0 unspecified atom stereocenters. The zero-order valence-corrected chi connectivity index (χ0v) is 12.2. The summed E-state index contributed by atoms with van der Waals surface area (Å²) in [6.07, 6.45) is 1.92. The van der Waals surface area contributed by atoms with Crippen LogP contribution in [0.5, 0.6) is 0 Å². The van der Waals surface area contributed by atoms with E-state index in [1.54, 1.807) is 11.9 Å². The van der Waals surface area contributed by atoms with Crippen molar-refractivity contribution in [2.24, 2.45) is 0 Å². The minimum absolute atomic E-state index is 0.0596. The topological polar surface area (TPSA) is 37.6 Å². The van der Waals surface area contributed by atoms with Gasteiger partial charge in [0.1, 0.15) is 5.82 Å². The van der Waals surface area contributed by atoms with Gasteiger partial charge in [0.15, 0.2) is 5.69 Å². The number of rotatable bonds is 3. The maximum atomic E-state index is 12.6. The molecule has 3 rings (SSSR count). The molecule has 0 N–H and O–H groups in total. The number of carbonyl (C=O) groups is 1. The summed E-state index contributed by atoms with van der Waals surface area (Å²) in [5.74, 6) is 0.762. The average Bonchev–Trinajstić information content (AvgIpc) is 2.85. The molecule has 0 atom stereocenters. The van der Waals surface area contributed by atoms with Crippen molar-refractivity contribution in [2.45, 2.75) is 13.5 Å². The van der Waals surface area contributed by atoms with Crippen LogP contribution in [0.1, 0.15) is 21.9 Å². The van der Waals surface area contributed by atoms with Gasteiger partial charge in [-0.1, -0.05) is 36.4 Å². The van der Waals surface area contributed by atoms with E-state index in [1.807, 2.05) is 66.1 Å². The average molecular weight is 279 g/mol. The Hall–Kier alpha value is -2.62. The summed E-state index contributed by atoms with van der Waals surface area (Å²) in [6, 6.07) is 15.7. The number of imidazole rings is 1. The summed E-state index contributed by atoms with van der Waals surface area (Å²) in [4.78, 5) is 18.7. The molecule has 0 saturated heterocycles. The number of benzene rings is 1. The van der Waals surface area contributed by atoms with Gasteiger partial charge in [0, 0.05) is 19.8 Å². The van der Waals surface area contributed by atoms with Gasteiger partial charge >= 0.3 is 0 Å². The Kier molecular flexibility index (Phi) is 3.44. The van der Waals surface area contributed by atoms with Crippen molar-refractivity contribution in [3.63, 3.8) is 0 Å². The van der Waals surface area contributed by atoms with Crippen molar-refractivity contribution in [1.29, 1.82) is 0 Å². The molecule has 1 amide bonds. The monoisotopic (exact) mass is 279 g/mol. The molecule has 0 saturated carbocycles. The highest BCUT2D eigenvalue weighted by Crippen LogP contribution is 2.15. The fraction of sp³-hybridized carbons (Fsp3) is 0.176. The number of pyridine rings is 1. The van der Waals surface area contributed by atoms with Gasteiger partial charge in [0.2, 0.25) is 0 Å². The number of hydrogen-bond acceptors (Lipinski definition) is 2. The van der Waals surface area contributed by atoms with Gasteiger partial charge in [-0.25, -0.2) is 4.98 Å². The molecule has 2 heterocycles. The van der Waals surface area contributed by atoms with E-state index in [9.17, 15) is 4.79 Å². The van der Waals surface area contributed by atoms with Crippen LogP contribution in [-0.4, -0.2) is 27.2 Å². The lowest BCUT2D eigenvalue weighted by Gasteiger charge is -2.16. The summed E-state index contributed by atoms with van der Waals surface area (Å²) in [6.45, 7) is 2.48. The van der Waals surface area contributed by atoms with E-state index in [0.29, 0.717) is 12.2 Å². The maximum absolute atomic E-state index is 12.6. The molecule has 0 spiro atoms. The molecule has 1 aromatic carbocycles. The Morgan fingerprint density at radius 2 is 1.86 bits per heavy atom. The molecular weight excluding hydrogens is 262 g/mol. The van der Waals surface area contributed by atoms with Crippen LogP contribution in [0.4, 0.5) is 0 Å². The number of aryl methyl sites for hydroxylation is 1. The molecule has 0 aliphatic rings. The van der Waals surface area contributed by atoms with Gasteiger partial charge in [-0.2, -0.15) is 0 Å².